The fourth-order valence-electron chi connectivity index (χ4n) is 1.70. The average molecular weight is 261 g/mol. The molecule has 19 heavy (non-hydrogen) atoms. The standard InChI is InChI=1S/C16H27N3/c1-6-7-8-11-19(5)15-10-9-14(12-17-15)13-18-16(2,3)4/h6,9-10,12,18H,1,7-8,11,13H2,2-5H3. The van der Waals surface area contributed by atoms with E-state index in [2.05, 4.69) is 61.7 Å². The van der Waals surface area contributed by atoms with E-state index in [0.29, 0.717) is 0 Å². The molecular formula is C16H27N3. The highest BCUT2D eigenvalue weighted by Gasteiger charge is 2.08. The second-order valence-corrected chi connectivity index (χ2v) is 5.98. The number of allylic oxidation sites excluding steroid dienone is 1. The van der Waals surface area contributed by atoms with Gasteiger partial charge in [-0.15, -0.1) is 6.58 Å². The Morgan fingerprint density at radius 2 is 2.11 bits per heavy atom. The minimum Gasteiger partial charge on any atom is -0.360 e. The number of aromatic nitrogens is 1. The van der Waals surface area contributed by atoms with Crippen LogP contribution < -0.4 is 10.2 Å². The van der Waals surface area contributed by atoms with E-state index < -0.39 is 0 Å². The molecule has 1 heterocycles. The van der Waals surface area contributed by atoms with Crippen LogP contribution in [0.4, 0.5) is 5.82 Å². The molecule has 0 aliphatic heterocycles. The Balaban J connectivity index is 2.48. The van der Waals surface area contributed by atoms with Gasteiger partial charge >= 0.3 is 0 Å². The Kier molecular flexibility index (Phi) is 6.03. The topological polar surface area (TPSA) is 28.2 Å². The predicted octanol–water partition coefficient (Wildman–Crippen LogP) is 3.37. The number of anilines is 1. The summed E-state index contributed by atoms with van der Waals surface area (Å²) in [5.74, 6) is 1.03. The summed E-state index contributed by atoms with van der Waals surface area (Å²) in [4.78, 5) is 6.70. The lowest BCUT2D eigenvalue weighted by atomic mass is 10.1. The highest BCUT2D eigenvalue weighted by molar-refractivity contribution is 5.38. The monoisotopic (exact) mass is 261 g/mol. The van der Waals surface area contributed by atoms with Gasteiger partial charge in [0, 0.05) is 31.9 Å². The predicted molar refractivity (Wildman–Crippen MR) is 83.5 cm³/mol. The Hall–Kier alpha value is -1.35. The highest BCUT2D eigenvalue weighted by Crippen LogP contribution is 2.11. The molecule has 0 aromatic carbocycles. The maximum Gasteiger partial charge on any atom is 0.128 e. The van der Waals surface area contributed by atoms with Gasteiger partial charge in [-0.3, -0.25) is 0 Å². The molecule has 1 aromatic heterocycles. The molecule has 0 radical (unpaired) electrons. The first-order chi connectivity index (χ1) is 8.92. The molecule has 0 saturated carbocycles. The van der Waals surface area contributed by atoms with Gasteiger partial charge in [-0.05, 0) is 45.2 Å². The molecule has 0 fully saturated rings. The van der Waals surface area contributed by atoms with E-state index in [9.17, 15) is 0 Å². The molecule has 0 aliphatic carbocycles. The van der Waals surface area contributed by atoms with Gasteiger partial charge < -0.3 is 10.2 Å². The maximum atomic E-state index is 4.52. The van der Waals surface area contributed by atoms with E-state index in [1.165, 1.54) is 5.56 Å². The van der Waals surface area contributed by atoms with Crippen molar-refractivity contribution in [1.82, 2.24) is 10.3 Å². The van der Waals surface area contributed by atoms with Gasteiger partial charge in [0.15, 0.2) is 0 Å². The molecule has 106 valence electrons. The number of pyridine rings is 1. The molecule has 3 heteroatoms. The van der Waals surface area contributed by atoms with Gasteiger partial charge in [0.1, 0.15) is 5.82 Å². The number of rotatable bonds is 7. The van der Waals surface area contributed by atoms with Crippen LogP contribution in [0.15, 0.2) is 31.0 Å². The first kappa shape index (κ1) is 15.7. The second-order valence-electron chi connectivity index (χ2n) is 5.98. The lowest BCUT2D eigenvalue weighted by Crippen LogP contribution is -2.35. The van der Waals surface area contributed by atoms with Crippen LogP contribution in [-0.2, 0) is 6.54 Å². The lowest BCUT2D eigenvalue weighted by molar-refractivity contribution is 0.424. The molecule has 0 amide bonds. The van der Waals surface area contributed by atoms with Crippen molar-refractivity contribution in [1.29, 1.82) is 0 Å². The van der Waals surface area contributed by atoms with Crippen molar-refractivity contribution in [3.63, 3.8) is 0 Å². The van der Waals surface area contributed by atoms with E-state index in [1.54, 1.807) is 0 Å². The fourth-order valence-corrected chi connectivity index (χ4v) is 1.70. The number of nitrogens with zero attached hydrogens (tertiary/aromatic N) is 2. The summed E-state index contributed by atoms with van der Waals surface area (Å²) in [5.41, 5.74) is 1.36. The van der Waals surface area contributed by atoms with Crippen molar-refractivity contribution in [2.45, 2.75) is 45.7 Å². The van der Waals surface area contributed by atoms with E-state index in [4.69, 9.17) is 0 Å². The second kappa shape index (κ2) is 7.29. The first-order valence-electron chi connectivity index (χ1n) is 6.94. The van der Waals surface area contributed by atoms with E-state index in [1.807, 2.05) is 12.3 Å². The van der Waals surface area contributed by atoms with Crippen LogP contribution >= 0.6 is 0 Å². The summed E-state index contributed by atoms with van der Waals surface area (Å²) in [6.07, 6.45) is 6.09. The SMILES string of the molecule is C=CCCCN(C)c1ccc(CNC(C)(C)C)cn1. The molecule has 0 spiro atoms. The molecule has 1 aromatic rings. The van der Waals surface area contributed by atoms with E-state index >= 15 is 0 Å². The van der Waals surface area contributed by atoms with Crippen LogP contribution in [0.5, 0.6) is 0 Å². The normalized spacial score (nSPS) is 11.4. The zero-order chi connectivity index (χ0) is 14.3. The molecule has 0 atom stereocenters. The minimum atomic E-state index is 0.139. The summed E-state index contributed by atoms with van der Waals surface area (Å²) < 4.78 is 0. The third kappa shape index (κ3) is 6.39. The zero-order valence-electron chi connectivity index (χ0n) is 12.7. The van der Waals surface area contributed by atoms with Gasteiger partial charge in [0.2, 0.25) is 0 Å². The molecule has 0 unspecified atom stereocenters. The molecule has 0 bridgehead atoms. The van der Waals surface area contributed by atoms with Crippen LogP contribution in [-0.4, -0.2) is 24.1 Å². The van der Waals surface area contributed by atoms with Crippen molar-refractivity contribution in [2.75, 3.05) is 18.5 Å². The highest BCUT2D eigenvalue weighted by atomic mass is 15.2. The van der Waals surface area contributed by atoms with Crippen LogP contribution in [0.1, 0.15) is 39.2 Å². The number of hydrogen-bond acceptors (Lipinski definition) is 3. The summed E-state index contributed by atoms with van der Waals surface area (Å²) in [5, 5.41) is 3.46. The molecule has 1 rings (SSSR count). The summed E-state index contributed by atoms with van der Waals surface area (Å²) in [7, 11) is 2.08. The van der Waals surface area contributed by atoms with Crippen molar-refractivity contribution in [3.8, 4) is 0 Å². The van der Waals surface area contributed by atoms with Crippen LogP contribution in [0.25, 0.3) is 0 Å². The van der Waals surface area contributed by atoms with Crippen molar-refractivity contribution in [2.24, 2.45) is 0 Å². The van der Waals surface area contributed by atoms with Gasteiger partial charge in [0.05, 0.1) is 0 Å². The smallest absolute Gasteiger partial charge is 0.128 e. The van der Waals surface area contributed by atoms with Crippen LogP contribution in [0.3, 0.4) is 0 Å². The Morgan fingerprint density at radius 1 is 1.37 bits per heavy atom. The lowest BCUT2D eigenvalue weighted by Gasteiger charge is -2.21. The Morgan fingerprint density at radius 3 is 2.63 bits per heavy atom. The summed E-state index contributed by atoms with van der Waals surface area (Å²) in [6, 6.07) is 4.23. The van der Waals surface area contributed by atoms with E-state index in [0.717, 1.165) is 31.7 Å². The Labute approximate surface area is 117 Å². The van der Waals surface area contributed by atoms with Crippen molar-refractivity contribution < 1.29 is 0 Å². The van der Waals surface area contributed by atoms with Gasteiger partial charge in [0.25, 0.3) is 0 Å². The summed E-state index contributed by atoms with van der Waals surface area (Å²) in [6.45, 7) is 12.1. The molecule has 1 N–H and O–H groups in total. The molecule has 3 nitrogen and oxygen atoms in total. The van der Waals surface area contributed by atoms with Crippen molar-refractivity contribution in [3.05, 3.63) is 36.5 Å². The largest absolute Gasteiger partial charge is 0.360 e. The first-order valence-corrected chi connectivity index (χ1v) is 6.94. The maximum absolute atomic E-state index is 4.52. The van der Waals surface area contributed by atoms with Gasteiger partial charge in [-0.25, -0.2) is 4.98 Å². The van der Waals surface area contributed by atoms with Crippen molar-refractivity contribution >= 4 is 5.82 Å². The van der Waals surface area contributed by atoms with Crippen LogP contribution in [0, 0.1) is 0 Å². The number of unbranched alkanes of at least 4 members (excludes halogenated alkanes) is 1. The third-order valence-corrected chi connectivity index (χ3v) is 2.92. The van der Waals surface area contributed by atoms with Gasteiger partial charge in [-0.2, -0.15) is 0 Å². The fraction of sp³-hybridized carbons (Fsp3) is 0.562. The van der Waals surface area contributed by atoms with E-state index in [-0.39, 0.29) is 5.54 Å². The minimum absolute atomic E-state index is 0.139. The average Bonchev–Trinajstić information content (AvgIpc) is 2.36. The Bertz CT molecular complexity index is 376. The molecule has 0 saturated heterocycles. The number of nitrogens with one attached hydrogen (secondary N) is 1. The van der Waals surface area contributed by atoms with Crippen LogP contribution in [0.2, 0.25) is 0 Å². The summed E-state index contributed by atoms with van der Waals surface area (Å²) >= 11 is 0. The van der Waals surface area contributed by atoms with Gasteiger partial charge in [-0.1, -0.05) is 12.1 Å². The zero-order valence-corrected chi connectivity index (χ0v) is 12.7. The number of hydrogen-bond donors (Lipinski definition) is 1. The quantitative estimate of drug-likeness (QED) is 0.602. The molecular weight excluding hydrogens is 234 g/mol. The third-order valence-electron chi connectivity index (χ3n) is 2.92. The molecule has 0 aliphatic rings.